The van der Waals surface area contributed by atoms with Gasteiger partial charge in [-0.1, -0.05) is 18.7 Å². The van der Waals surface area contributed by atoms with Gasteiger partial charge in [-0.3, -0.25) is 4.68 Å². The number of halogens is 3. The average Bonchev–Trinajstić information content (AvgIpc) is 3.15. The fourth-order valence-corrected chi connectivity index (χ4v) is 4.41. The summed E-state index contributed by atoms with van der Waals surface area (Å²) < 4.78 is 42.8. The summed E-state index contributed by atoms with van der Waals surface area (Å²) in [5, 5.41) is 14.9. The van der Waals surface area contributed by atoms with Crippen LogP contribution in [-0.4, -0.2) is 34.2 Å². The smallest absolute Gasteiger partial charge is 0.396 e. The molecule has 4 nitrogen and oxygen atoms in total. The number of aliphatic hydroxyl groups excluding tert-OH is 1. The summed E-state index contributed by atoms with van der Waals surface area (Å²) in [6.07, 6.45) is 5.56. The molecule has 0 amide bonds. The highest BCUT2D eigenvalue weighted by Crippen LogP contribution is 2.39. The van der Waals surface area contributed by atoms with Crippen molar-refractivity contribution in [2.24, 2.45) is 5.92 Å². The molecule has 1 N–H and O–H groups in total. The second-order valence-electron chi connectivity index (χ2n) is 8.26. The number of aliphatic hydroxyl groups is 1. The third-order valence-electron chi connectivity index (χ3n) is 6.10. The average molecular weight is 417 g/mol. The summed E-state index contributed by atoms with van der Waals surface area (Å²) in [6, 6.07) is 3.89. The molecule has 4 rings (SSSR count). The molecule has 0 unspecified atom stereocenters. The van der Waals surface area contributed by atoms with Gasteiger partial charge in [0.25, 0.3) is 0 Å². The lowest BCUT2D eigenvalue weighted by molar-refractivity contribution is -0.0933. The standard InChI is InChI=1S/C23H26F3N3O/c1-15(2)19-12-20-17(13-29(27-20)18-8-6-16(14-30)7-9-18)11-21(19)28-10-4-3-5-22(28)23(24,25)26/h3-5,11-13,16,18,30H,1,6-10,14H2,2H3. The Morgan fingerprint density at radius 3 is 2.60 bits per heavy atom. The van der Waals surface area contributed by atoms with Crippen LogP contribution in [0.2, 0.25) is 0 Å². The second kappa shape index (κ2) is 7.95. The molecule has 160 valence electrons. The topological polar surface area (TPSA) is 41.3 Å². The van der Waals surface area contributed by atoms with E-state index in [0.29, 0.717) is 22.7 Å². The van der Waals surface area contributed by atoms with Crippen LogP contribution >= 0.6 is 0 Å². The SMILES string of the molecule is C=C(C)c1cc2nn(C3CCC(CO)CC3)cc2cc1N1CC=CC=C1C(F)(F)F. The van der Waals surface area contributed by atoms with Gasteiger partial charge >= 0.3 is 6.18 Å². The van der Waals surface area contributed by atoms with Gasteiger partial charge in [0.15, 0.2) is 0 Å². The van der Waals surface area contributed by atoms with Crippen molar-refractivity contribution in [1.82, 2.24) is 9.78 Å². The minimum Gasteiger partial charge on any atom is -0.396 e. The quantitative estimate of drug-likeness (QED) is 0.703. The molecule has 1 aliphatic carbocycles. The van der Waals surface area contributed by atoms with E-state index in [1.165, 1.54) is 11.0 Å². The monoisotopic (exact) mass is 417 g/mol. The van der Waals surface area contributed by atoms with Gasteiger partial charge in [0.05, 0.1) is 11.6 Å². The van der Waals surface area contributed by atoms with Gasteiger partial charge in [0, 0.05) is 36.0 Å². The highest BCUT2D eigenvalue weighted by atomic mass is 19.4. The van der Waals surface area contributed by atoms with Gasteiger partial charge in [-0.25, -0.2) is 0 Å². The van der Waals surface area contributed by atoms with Crippen molar-refractivity contribution in [3.8, 4) is 0 Å². The fourth-order valence-electron chi connectivity index (χ4n) is 4.41. The van der Waals surface area contributed by atoms with Gasteiger partial charge in [-0.2, -0.15) is 18.3 Å². The minimum absolute atomic E-state index is 0.149. The second-order valence-corrected chi connectivity index (χ2v) is 8.26. The van der Waals surface area contributed by atoms with Crippen LogP contribution in [0.4, 0.5) is 18.9 Å². The molecule has 0 atom stereocenters. The molecular formula is C23H26F3N3O. The highest BCUT2D eigenvalue weighted by molar-refractivity contribution is 5.90. The van der Waals surface area contributed by atoms with E-state index in [4.69, 9.17) is 5.10 Å². The number of hydrogen-bond donors (Lipinski definition) is 1. The van der Waals surface area contributed by atoms with Crippen molar-refractivity contribution >= 4 is 22.2 Å². The molecule has 30 heavy (non-hydrogen) atoms. The molecule has 1 saturated carbocycles. The normalized spacial score (nSPS) is 22.4. The van der Waals surface area contributed by atoms with Crippen molar-refractivity contribution in [1.29, 1.82) is 0 Å². The zero-order valence-corrected chi connectivity index (χ0v) is 17.0. The summed E-state index contributed by atoms with van der Waals surface area (Å²) in [4.78, 5) is 1.30. The Morgan fingerprint density at radius 1 is 1.23 bits per heavy atom. The van der Waals surface area contributed by atoms with Crippen LogP contribution in [0.5, 0.6) is 0 Å². The minimum atomic E-state index is -4.44. The van der Waals surface area contributed by atoms with Gasteiger partial charge in [0.2, 0.25) is 0 Å². The summed E-state index contributed by atoms with van der Waals surface area (Å²) in [5.41, 5.74) is 1.93. The maximum Gasteiger partial charge on any atom is 0.431 e. The number of anilines is 1. The molecule has 7 heteroatoms. The predicted octanol–water partition coefficient (Wildman–Crippen LogP) is 5.62. The molecule has 1 aliphatic heterocycles. The van der Waals surface area contributed by atoms with Gasteiger partial charge in [0.1, 0.15) is 5.70 Å². The third kappa shape index (κ3) is 3.90. The molecule has 0 saturated heterocycles. The first-order valence-electron chi connectivity index (χ1n) is 10.3. The zero-order valence-electron chi connectivity index (χ0n) is 17.0. The summed E-state index contributed by atoms with van der Waals surface area (Å²) in [6.45, 7) is 6.16. The van der Waals surface area contributed by atoms with Crippen molar-refractivity contribution < 1.29 is 18.3 Å². The number of benzene rings is 1. The van der Waals surface area contributed by atoms with Crippen LogP contribution in [0, 0.1) is 5.92 Å². The Labute approximate surface area is 174 Å². The maximum atomic E-state index is 13.6. The molecule has 1 aromatic carbocycles. The lowest BCUT2D eigenvalue weighted by Gasteiger charge is -2.31. The number of allylic oxidation sites excluding steroid dienone is 4. The van der Waals surface area contributed by atoms with Crippen LogP contribution in [0.25, 0.3) is 16.5 Å². The van der Waals surface area contributed by atoms with Crippen molar-refractivity contribution in [2.45, 2.75) is 44.8 Å². The molecule has 1 fully saturated rings. The Balaban J connectivity index is 1.73. The number of aromatic nitrogens is 2. The molecule has 1 aromatic heterocycles. The van der Waals surface area contributed by atoms with E-state index >= 15 is 0 Å². The summed E-state index contributed by atoms with van der Waals surface area (Å²) in [5.74, 6) is 0.354. The number of alkyl halides is 3. The van der Waals surface area contributed by atoms with Crippen molar-refractivity contribution in [3.05, 3.63) is 54.4 Å². The molecule has 0 spiro atoms. The molecule has 2 heterocycles. The first-order chi connectivity index (χ1) is 14.3. The van der Waals surface area contributed by atoms with Gasteiger partial charge in [-0.05, 0) is 62.3 Å². The molecule has 2 aromatic rings. The van der Waals surface area contributed by atoms with E-state index in [1.54, 1.807) is 19.1 Å². The van der Waals surface area contributed by atoms with E-state index < -0.39 is 11.9 Å². The van der Waals surface area contributed by atoms with Crippen LogP contribution in [-0.2, 0) is 0 Å². The lowest BCUT2D eigenvalue weighted by Crippen LogP contribution is -2.33. The van der Waals surface area contributed by atoms with Crippen LogP contribution < -0.4 is 4.90 Å². The van der Waals surface area contributed by atoms with E-state index in [2.05, 4.69) is 6.58 Å². The van der Waals surface area contributed by atoms with Crippen molar-refractivity contribution in [3.63, 3.8) is 0 Å². The van der Waals surface area contributed by atoms with E-state index in [9.17, 15) is 18.3 Å². The molecular weight excluding hydrogens is 391 g/mol. The Bertz CT molecular complexity index is 1010. The largest absolute Gasteiger partial charge is 0.431 e. The maximum absolute atomic E-state index is 13.6. The fraction of sp³-hybridized carbons (Fsp3) is 0.435. The Morgan fingerprint density at radius 2 is 1.97 bits per heavy atom. The van der Waals surface area contributed by atoms with Gasteiger partial charge < -0.3 is 10.0 Å². The number of hydrogen-bond acceptors (Lipinski definition) is 3. The Kier molecular flexibility index (Phi) is 5.49. The molecule has 2 aliphatic rings. The third-order valence-corrected chi connectivity index (χ3v) is 6.10. The Hall–Kier alpha value is -2.54. The predicted molar refractivity (Wildman–Crippen MR) is 113 cm³/mol. The molecule has 0 bridgehead atoms. The highest BCUT2D eigenvalue weighted by Gasteiger charge is 2.39. The van der Waals surface area contributed by atoms with Crippen LogP contribution in [0.15, 0.2) is 48.8 Å². The van der Waals surface area contributed by atoms with E-state index in [0.717, 1.165) is 42.7 Å². The summed E-state index contributed by atoms with van der Waals surface area (Å²) >= 11 is 0. The first kappa shape index (κ1) is 20.7. The van der Waals surface area contributed by atoms with Gasteiger partial charge in [-0.15, -0.1) is 0 Å². The number of fused-ring (bicyclic) bond motifs is 1. The first-order valence-corrected chi connectivity index (χ1v) is 10.3. The van der Waals surface area contributed by atoms with E-state index in [-0.39, 0.29) is 19.2 Å². The lowest BCUT2D eigenvalue weighted by atomic mass is 9.87. The van der Waals surface area contributed by atoms with Crippen molar-refractivity contribution in [2.75, 3.05) is 18.1 Å². The van der Waals surface area contributed by atoms with Crippen LogP contribution in [0.1, 0.15) is 44.2 Å². The molecule has 0 radical (unpaired) electrons. The number of rotatable bonds is 4. The number of nitrogens with zero attached hydrogens (tertiary/aromatic N) is 3. The van der Waals surface area contributed by atoms with E-state index in [1.807, 2.05) is 16.9 Å². The van der Waals surface area contributed by atoms with Crippen LogP contribution in [0.3, 0.4) is 0 Å². The zero-order chi connectivity index (χ0) is 21.5. The summed E-state index contributed by atoms with van der Waals surface area (Å²) in [7, 11) is 0.